The van der Waals surface area contributed by atoms with Gasteiger partial charge in [-0.05, 0) is 32.3 Å². The van der Waals surface area contributed by atoms with Gasteiger partial charge in [-0.1, -0.05) is 11.6 Å². The summed E-state index contributed by atoms with van der Waals surface area (Å²) < 4.78 is 5.98. The lowest BCUT2D eigenvalue weighted by molar-refractivity contribution is 0.647. The Morgan fingerprint density at radius 2 is 1.91 bits per heavy atom. The predicted octanol–water partition coefficient (Wildman–Crippen LogP) is 4.06. The van der Waals surface area contributed by atoms with Crippen LogP contribution >= 0.6 is 24.0 Å². The van der Waals surface area contributed by atoms with Crippen molar-refractivity contribution in [3.8, 4) is 0 Å². The molecule has 0 aliphatic carbocycles. The van der Waals surface area contributed by atoms with E-state index >= 15 is 0 Å². The lowest BCUT2D eigenvalue weighted by Crippen LogP contribution is -2.19. The van der Waals surface area contributed by atoms with E-state index in [2.05, 4.69) is 19.9 Å². The van der Waals surface area contributed by atoms with Crippen molar-refractivity contribution < 1.29 is 4.42 Å². The Labute approximate surface area is 139 Å². The van der Waals surface area contributed by atoms with Gasteiger partial charge in [0.1, 0.15) is 11.8 Å². The summed E-state index contributed by atoms with van der Waals surface area (Å²) >= 11 is 6.32. The summed E-state index contributed by atoms with van der Waals surface area (Å²) in [5.41, 5.74) is 3.84. The number of aromatic nitrogens is 3. The first-order chi connectivity index (χ1) is 10.2. The normalized spacial score (nSPS) is 14.8. The Balaban J connectivity index is 0.00000144. The molecule has 3 aromatic rings. The van der Waals surface area contributed by atoms with Gasteiger partial charge in [0, 0.05) is 13.1 Å². The van der Waals surface area contributed by atoms with Crippen LogP contribution in [-0.2, 0) is 0 Å². The van der Waals surface area contributed by atoms with Gasteiger partial charge < -0.3 is 9.32 Å². The van der Waals surface area contributed by atoms with Crippen LogP contribution in [0.4, 0.5) is 5.82 Å². The third-order valence-corrected chi connectivity index (χ3v) is 4.69. The zero-order valence-electron chi connectivity index (χ0n) is 12.4. The van der Waals surface area contributed by atoms with E-state index in [4.69, 9.17) is 16.0 Å². The maximum atomic E-state index is 6.32. The zero-order valence-corrected chi connectivity index (χ0v) is 14.0. The molecule has 22 heavy (non-hydrogen) atoms. The molecule has 1 saturated heterocycles. The fourth-order valence-electron chi connectivity index (χ4n) is 3.04. The topological polar surface area (TPSA) is 55.1 Å². The highest BCUT2D eigenvalue weighted by molar-refractivity contribution is 6.33. The first kappa shape index (κ1) is 15.3. The molecule has 4 heterocycles. The highest BCUT2D eigenvalue weighted by Crippen LogP contribution is 2.36. The van der Waals surface area contributed by atoms with Crippen molar-refractivity contribution in [3.05, 3.63) is 22.6 Å². The van der Waals surface area contributed by atoms with Gasteiger partial charge in [0.05, 0.1) is 16.1 Å². The molecule has 0 saturated carbocycles. The van der Waals surface area contributed by atoms with Crippen LogP contribution in [0.3, 0.4) is 0 Å². The summed E-state index contributed by atoms with van der Waals surface area (Å²) in [7, 11) is 0. The second kappa shape index (κ2) is 5.56. The van der Waals surface area contributed by atoms with E-state index in [-0.39, 0.29) is 12.4 Å². The fraction of sp³-hybridized carbons (Fsp3) is 0.400. The first-order valence-electron chi connectivity index (χ1n) is 7.11. The van der Waals surface area contributed by atoms with E-state index in [9.17, 15) is 0 Å². The van der Waals surface area contributed by atoms with Crippen molar-refractivity contribution in [2.24, 2.45) is 0 Å². The second-order valence-electron chi connectivity index (χ2n) is 5.49. The number of nitrogens with zero attached hydrogens (tertiary/aromatic N) is 4. The van der Waals surface area contributed by atoms with Crippen molar-refractivity contribution in [1.29, 1.82) is 0 Å². The molecule has 0 bridgehead atoms. The summed E-state index contributed by atoms with van der Waals surface area (Å²) in [4.78, 5) is 15.5. The van der Waals surface area contributed by atoms with Crippen LogP contribution in [0.1, 0.15) is 24.1 Å². The van der Waals surface area contributed by atoms with E-state index in [0.717, 1.165) is 41.1 Å². The van der Waals surface area contributed by atoms with Gasteiger partial charge in [0.15, 0.2) is 11.4 Å². The average Bonchev–Trinajstić information content (AvgIpc) is 3.11. The largest absolute Gasteiger partial charge is 0.432 e. The Morgan fingerprint density at radius 3 is 2.64 bits per heavy atom. The number of hydrogen-bond donors (Lipinski definition) is 0. The van der Waals surface area contributed by atoms with Crippen LogP contribution in [0, 0.1) is 13.8 Å². The monoisotopic (exact) mass is 338 g/mol. The summed E-state index contributed by atoms with van der Waals surface area (Å²) in [5, 5.41) is 1.56. The number of hydrogen-bond acceptors (Lipinski definition) is 5. The minimum absolute atomic E-state index is 0. The smallest absolute Gasteiger partial charge is 0.229 e. The van der Waals surface area contributed by atoms with Crippen molar-refractivity contribution in [2.75, 3.05) is 18.0 Å². The first-order valence-corrected chi connectivity index (χ1v) is 7.49. The van der Waals surface area contributed by atoms with Crippen LogP contribution in [0.25, 0.3) is 22.2 Å². The fourth-order valence-corrected chi connectivity index (χ4v) is 3.18. The van der Waals surface area contributed by atoms with Crippen LogP contribution in [-0.4, -0.2) is 28.0 Å². The standard InChI is InChI=1S/C15H15ClN4O.ClH/c1-8-10-12-13(21-15(10)19-9(2)11(8)16)14(18-7-17-12)20-5-3-4-6-20;/h7H,3-6H2,1-2H3;1H. The Hall–Kier alpha value is -1.59. The van der Waals surface area contributed by atoms with Gasteiger partial charge in [-0.3, -0.25) is 0 Å². The summed E-state index contributed by atoms with van der Waals surface area (Å²) in [6, 6.07) is 0. The number of pyridine rings is 1. The molecule has 1 aliphatic heterocycles. The highest BCUT2D eigenvalue weighted by Gasteiger charge is 2.23. The summed E-state index contributed by atoms with van der Waals surface area (Å²) in [6.07, 6.45) is 3.97. The van der Waals surface area contributed by atoms with Gasteiger partial charge in [-0.25, -0.2) is 15.0 Å². The molecule has 0 spiro atoms. The third-order valence-electron chi connectivity index (χ3n) is 4.13. The van der Waals surface area contributed by atoms with Crippen LogP contribution in [0.5, 0.6) is 0 Å². The zero-order chi connectivity index (χ0) is 14.6. The molecule has 0 unspecified atom stereocenters. The molecular weight excluding hydrogens is 323 g/mol. The minimum atomic E-state index is 0. The molecule has 0 N–H and O–H groups in total. The lowest BCUT2D eigenvalue weighted by atomic mass is 10.1. The van der Waals surface area contributed by atoms with Gasteiger partial charge in [-0.2, -0.15) is 0 Å². The maximum absolute atomic E-state index is 6.32. The number of furan rings is 1. The molecule has 0 atom stereocenters. The van der Waals surface area contributed by atoms with Crippen molar-refractivity contribution in [3.63, 3.8) is 0 Å². The third kappa shape index (κ3) is 2.11. The summed E-state index contributed by atoms with van der Waals surface area (Å²) in [5.74, 6) is 0.865. The maximum Gasteiger partial charge on any atom is 0.229 e. The SMILES string of the molecule is Cc1nc2oc3c(N4CCCC4)ncnc3c2c(C)c1Cl.Cl. The molecule has 116 valence electrons. The van der Waals surface area contributed by atoms with Gasteiger partial charge >= 0.3 is 0 Å². The molecule has 5 nitrogen and oxygen atoms in total. The number of aryl methyl sites for hydroxylation is 2. The number of anilines is 1. The van der Waals surface area contributed by atoms with Crippen LogP contribution < -0.4 is 4.90 Å². The minimum Gasteiger partial charge on any atom is -0.432 e. The molecule has 4 rings (SSSR count). The van der Waals surface area contributed by atoms with E-state index in [1.807, 2.05) is 13.8 Å². The van der Waals surface area contributed by atoms with Crippen molar-refractivity contribution in [1.82, 2.24) is 15.0 Å². The number of rotatable bonds is 1. The predicted molar refractivity (Wildman–Crippen MR) is 90.3 cm³/mol. The molecule has 0 aromatic carbocycles. The molecular formula is C15H16Cl2N4O. The van der Waals surface area contributed by atoms with Gasteiger partial charge in [0.25, 0.3) is 0 Å². The Bertz CT molecular complexity index is 856. The Kier molecular flexibility index (Phi) is 3.87. The molecule has 0 amide bonds. The van der Waals surface area contributed by atoms with E-state index in [0.29, 0.717) is 16.3 Å². The summed E-state index contributed by atoms with van der Waals surface area (Å²) in [6.45, 7) is 5.88. The molecule has 0 radical (unpaired) electrons. The quantitative estimate of drug-likeness (QED) is 0.669. The number of halogens is 2. The molecule has 1 fully saturated rings. The molecule has 7 heteroatoms. The van der Waals surface area contributed by atoms with E-state index < -0.39 is 0 Å². The van der Waals surface area contributed by atoms with Crippen molar-refractivity contribution >= 4 is 52.0 Å². The average molecular weight is 339 g/mol. The molecule has 3 aromatic heterocycles. The van der Waals surface area contributed by atoms with Gasteiger partial charge in [0.2, 0.25) is 5.71 Å². The van der Waals surface area contributed by atoms with Crippen LogP contribution in [0.15, 0.2) is 10.7 Å². The van der Waals surface area contributed by atoms with Crippen LogP contribution in [0.2, 0.25) is 5.02 Å². The second-order valence-corrected chi connectivity index (χ2v) is 5.87. The highest BCUT2D eigenvalue weighted by atomic mass is 35.5. The number of fused-ring (bicyclic) bond motifs is 3. The van der Waals surface area contributed by atoms with E-state index in [1.54, 1.807) is 6.33 Å². The van der Waals surface area contributed by atoms with E-state index in [1.165, 1.54) is 12.8 Å². The van der Waals surface area contributed by atoms with Crippen molar-refractivity contribution in [2.45, 2.75) is 26.7 Å². The molecule has 1 aliphatic rings. The Morgan fingerprint density at radius 1 is 1.18 bits per heavy atom. The lowest BCUT2D eigenvalue weighted by Gasteiger charge is -2.15. The van der Waals surface area contributed by atoms with Gasteiger partial charge in [-0.15, -0.1) is 12.4 Å².